The van der Waals surface area contributed by atoms with Gasteiger partial charge >= 0.3 is 5.97 Å². The number of rotatable bonds is 6. The normalized spacial score (nSPS) is 24.4. The number of nitrogens with two attached hydrogens (primary N) is 1. The molecular formula is C24H32N6O4. The molecule has 2 unspecified atom stereocenters. The third-order valence-electron chi connectivity index (χ3n) is 6.48. The van der Waals surface area contributed by atoms with E-state index >= 15 is 0 Å². The van der Waals surface area contributed by atoms with Gasteiger partial charge in [0.2, 0.25) is 11.7 Å². The van der Waals surface area contributed by atoms with Crippen LogP contribution in [0.15, 0.2) is 6.33 Å². The third kappa shape index (κ3) is 5.65. The minimum absolute atomic E-state index is 0.101. The highest BCUT2D eigenvalue weighted by molar-refractivity contribution is 5.82. The molecule has 0 spiro atoms. The summed E-state index contributed by atoms with van der Waals surface area (Å²) in [7, 11) is 0. The van der Waals surface area contributed by atoms with Crippen LogP contribution in [0.1, 0.15) is 70.8 Å². The molecule has 1 saturated carbocycles. The highest BCUT2D eigenvalue weighted by Crippen LogP contribution is 2.32. The van der Waals surface area contributed by atoms with Crippen LogP contribution in [0.4, 0.5) is 5.82 Å². The Hall–Kier alpha value is -3.19. The van der Waals surface area contributed by atoms with Crippen molar-refractivity contribution in [1.29, 1.82) is 0 Å². The van der Waals surface area contributed by atoms with Gasteiger partial charge in [-0.3, -0.25) is 14.2 Å². The topological polar surface area (TPSA) is 134 Å². The summed E-state index contributed by atoms with van der Waals surface area (Å²) in [4.78, 5) is 36.3. The van der Waals surface area contributed by atoms with E-state index in [9.17, 15) is 9.59 Å². The van der Waals surface area contributed by atoms with Gasteiger partial charge in [-0.25, -0.2) is 15.0 Å². The van der Waals surface area contributed by atoms with E-state index in [0.717, 1.165) is 32.1 Å². The van der Waals surface area contributed by atoms with Gasteiger partial charge in [-0.1, -0.05) is 5.92 Å². The summed E-state index contributed by atoms with van der Waals surface area (Å²) in [6.07, 6.45) is 7.12. The number of hydrogen-bond donors (Lipinski definition) is 2. The van der Waals surface area contributed by atoms with Crippen molar-refractivity contribution in [3.8, 4) is 11.8 Å². The van der Waals surface area contributed by atoms with Crippen LogP contribution in [-0.2, 0) is 19.1 Å². The molecule has 2 aromatic rings. The fourth-order valence-electron chi connectivity index (χ4n) is 4.62. The van der Waals surface area contributed by atoms with Crippen molar-refractivity contribution in [2.24, 2.45) is 11.8 Å². The molecular weight excluding hydrogens is 436 g/mol. The van der Waals surface area contributed by atoms with E-state index in [1.165, 1.54) is 6.92 Å². The summed E-state index contributed by atoms with van der Waals surface area (Å²) in [5.74, 6) is 7.56. The SMILES string of the molecule is CCNC(=O)C1CCC(n2cnc3c(N)nc(C#CCC4CCC(COC(C)=O)CC4)nc32)O1. The van der Waals surface area contributed by atoms with E-state index in [1.807, 2.05) is 11.5 Å². The van der Waals surface area contributed by atoms with Crippen molar-refractivity contribution in [1.82, 2.24) is 24.8 Å². The van der Waals surface area contributed by atoms with Crippen LogP contribution in [0.25, 0.3) is 11.2 Å². The van der Waals surface area contributed by atoms with Crippen LogP contribution in [0.3, 0.4) is 0 Å². The number of fused-ring (bicyclic) bond motifs is 1. The second-order valence-corrected chi connectivity index (χ2v) is 9.00. The van der Waals surface area contributed by atoms with Gasteiger partial charge in [0.25, 0.3) is 0 Å². The molecule has 10 heteroatoms. The maximum absolute atomic E-state index is 12.1. The summed E-state index contributed by atoms with van der Waals surface area (Å²) in [5.41, 5.74) is 7.19. The van der Waals surface area contributed by atoms with Gasteiger partial charge in [0, 0.05) is 19.9 Å². The number of carbonyl (C=O) groups is 2. The Labute approximate surface area is 199 Å². The van der Waals surface area contributed by atoms with Gasteiger partial charge in [-0.15, -0.1) is 0 Å². The third-order valence-corrected chi connectivity index (χ3v) is 6.48. The van der Waals surface area contributed by atoms with Crippen LogP contribution in [0, 0.1) is 23.7 Å². The lowest BCUT2D eigenvalue weighted by atomic mass is 9.81. The Bertz CT molecular complexity index is 1100. The average Bonchev–Trinajstić information content (AvgIpc) is 3.46. The Morgan fingerprint density at radius 2 is 1.97 bits per heavy atom. The lowest BCUT2D eigenvalue weighted by Crippen LogP contribution is -2.34. The van der Waals surface area contributed by atoms with Crippen LogP contribution in [-0.4, -0.2) is 50.7 Å². The number of nitrogens with zero attached hydrogens (tertiary/aromatic N) is 4. The Balaban J connectivity index is 1.39. The zero-order chi connectivity index (χ0) is 24.1. The maximum atomic E-state index is 12.1. The molecule has 2 fully saturated rings. The van der Waals surface area contributed by atoms with Crippen molar-refractivity contribution < 1.29 is 19.1 Å². The first-order valence-corrected chi connectivity index (χ1v) is 12.0. The number of nitrogen functional groups attached to an aromatic ring is 1. The number of hydrogen-bond acceptors (Lipinski definition) is 8. The number of aromatic nitrogens is 4. The van der Waals surface area contributed by atoms with E-state index in [0.29, 0.717) is 54.8 Å². The first-order valence-electron chi connectivity index (χ1n) is 12.0. The predicted octanol–water partition coefficient (Wildman–Crippen LogP) is 2.33. The zero-order valence-corrected chi connectivity index (χ0v) is 19.7. The van der Waals surface area contributed by atoms with E-state index < -0.39 is 6.10 Å². The van der Waals surface area contributed by atoms with Gasteiger partial charge in [-0.05, 0) is 63.2 Å². The van der Waals surface area contributed by atoms with E-state index in [2.05, 4.69) is 32.1 Å². The fraction of sp³-hybridized carbons (Fsp3) is 0.625. The first-order chi connectivity index (χ1) is 16.4. The predicted molar refractivity (Wildman–Crippen MR) is 125 cm³/mol. The molecule has 1 aliphatic carbocycles. The Morgan fingerprint density at radius 3 is 2.71 bits per heavy atom. The summed E-state index contributed by atoms with van der Waals surface area (Å²) in [6, 6.07) is 0. The van der Waals surface area contributed by atoms with Gasteiger partial charge in [0.05, 0.1) is 12.9 Å². The molecule has 0 bridgehead atoms. The van der Waals surface area contributed by atoms with Gasteiger partial charge in [0.15, 0.2) is 11.5 Å². The number of anilines is 1. The van der Waals surface area contributed by atoms with Crippen molar-refractivity contribution in [2.45, 2.75) is 71.1 Å². The molecule has 182 valence electrons. The van der Waals surface area contributed by atoms with Crippen LogP contribution in [0.5, 0.6) is 0 Å². The molecule has 1 aliphatic heterocycles. The second kappa shape index (κ2) is 10.8. The fourth-order valence-corrected chi connectivity index (χ4v) is 4.62. The number of amides is 1. The number of carbonyl (C=O) groups excluding carboxylic acids is 2. The van der Waals surface area contributed by atoms with E-state index in [1.54, 1.807) is 6.33 Å². The molecule has 2 aliphatic rings. The Kier molecular flexibility index (Phi) is 7.63. The van der Waals surface area contributed by atoms with Crippen LogP contribution < -0.4 is 11.1 Å². The zero-order valence-electron chi connectivity index (χ0n) is 19.7. The average molecular weight is 469 g/mol. The minimum atomic E-state index is -0.482. The smallest absolute Gasteiger partial charge is 0.302 e. The quantitative estimate of drug-likeness (QED) is 0.487. The molecule has 34 heavy (non-hydrogen) atoms. The second-order valence-electron chi connectivity index (χ2n) is 9.00. The van der Waals surface area contributed by atoms with Crippen LogP contribution in [0.2, 0.25) is 0 Å². The van der Waals surface area contributed by atoms with Crippen molar-refractivity contribution >= 4 is 28.9 Å². The number of esters is 1. The summed E-state index contributed by atoms with van der Waals surface area (Å²) in [5, 5.41) is 2.80. The van der Waals surface area contributed by atoms with E-state index in [-0.39, 0.29) is 23.9 Å². The minimum Gasteiger partial charge on any atom is -0.466 e. The van der Waals surface area contributed by atoms with Crippen LogP contribution >= 0.6 is 0 Å². The largest absolute Gasteiger partial charge is 0.466 e. The Morgan fingerprint density at radius 1 is 1.21 bits per heavy atom. The van der Waals surface area contributed by atoms with Gasteiger partial charge in [0.1, 0.15) is 17.8 Å². The summed E-state index contributed by atoms with van der Waals surface area (Å²) < 4.78 is 12.9. The van der Waals surface area contributed by atoms with Gasteiger partial charge < -0.3 is 20.5 Å². The van der Waals surface area contributed by atoms with Crippen molar-refractivity contribution in [3.63, 3.8) is 0 Å². The van der Waals surface area contributed by atoms with Crippen molar-refractivity contribution in [2.75, 3.05) is 18.9 Å². The number of nitrogens with one attached hydrogen (secondary N) is 1. The maximum Gasteiger partial charge on any atom is 0.302 e. The lowest BCUT2D eigenvalue weighted by Gasteiger charge is -2.26. The van der Waals surface area contributed by atoms with E-state index in [4.69, 9.17) is 15.2 Å². The van der Waals surface area contributed by atoms with Crippen molar-refractivity contribution in [3.05, 3.63) is 12.2 Å². The molecule has 0 aromatic carbocycles. The molecule has 3 heterocycles. The summed E-state index contributed by atoms with van der Waals surface area (Å²) in [6.45, 7) is 4.42. The highest BCUT2D eigenvalue weighted by Gasteiger charge is 2.32. The molecule has 4 rings (SSSR count). The standard InChI is InChI=1S/C24H32N6O4/c1-3-26-24(32)18-11-12-20(34-18)30-14-27-21-22(25)28-19(29-23(21)30)6-4-5-16-7-9-17(10-8-16)13-33-15(2)31/h14,16-18,20H,3,5,7-13H2,1-2H3,(H,26,32)(H2,25,28,29). The highest BCUT2D eigenvalue weighted by atomic mass is 16.5. The first kappa shape index (κ1) is 24.0. The monoisotopic (exact) mass is 468 g/mol. The lowest BCUT2D eigenvalue weighted by molar-refractivity contribution is -0.142. The molecule has 3 N–H and O–H groups in total. The molecule has 2 aromatic heterocycles. The molecule has 1 amide bonds. The number of imidazole rings is 1. The molecule has 1 saturated heterocycles. The van der Waals surface area contributed by atoms with Gasteiger partial charge in [-0.2, -0.15) is 0 Å². The molecule has 2 atom stereocenters. The molecule has 10 nitrogen and oxygen atoms in total. The number of ether oxygens (including phenoxy) is 2. The number of likely N-dealkylation sites (N-methyl/N-ethyl adjacent to an activating group) is 1. The summed E-state index contributed by atoms with van der Waals surface area (Å²) >= 11 is 0. The molecule has 0 radical (unpaired) electrons.